The van der Waals surface area contributed by atoms with Crippen LogP contribution in [0.25, 0.3) is 0 Å². The zero-order valence-corrected chi connectivity index (χ0v) is 16.3. The first-order chi connectivity index (χ1) is 14.1. The Bertz CT molecular complexity index is 1030. The smallest absolute Gasteiger partial charge is 0.291 e. The number of amides is 3. The Morgan fingerprint density at radius 2 is 1.72 bits per heavy atom. The number of benzene rings is 2. The summed E-state index contributed by atoms with van der Waals surface area (Å²) in [5.74, 6) is 0.242. The summed E-state index contributed by atoms with van der Waals surface area (Å²) in [6, 6.07) is 17.7. The van der Waals surface area contributed by atoms with Gasteiger partial charge in [-0.2, -0.15) is 0 Å². The average molecular weight is 406 g/mol. The average Bonchev–Trinajstić information content (AvgIpc) is 3.35. The summed E-state index contributed by atoms with van der Waals surface area (Å²) in [6.07, 6.45) is 2.13. The molecule has 2 heterocycles. The van der Waals surface area contributed by atoms with Gasteiger partial charge in [-0.1, -0.05) is 18.2 Å². The second-order valence-electron chi connectivity index (χ2n) is 6.47. The highest BCUT2D eigenvalue weighted by Gasteiger charge is 2.34. The van der Waals surface area contributed by atoms with Gasteiger partial charge in [-0.3, -0.25) is 19.3 Å². The quantitative estimate of drug-likeness (QED) is 0.359. The molecule has 0 unspecified atom stereocenters. The fraction of sp³-hybridized carbons (Fsp3) is 0.136. The summed E-state index contributed by atoms with van der Waals surface area (Å²) in [5.41, 5.74) is 1.63. The summed E-state index contributed by atoms with van der Waals surface area (Å²) in [6.45, 7) is 0.383. The minimum atomic E-state index is -0.303. The summed E-state index contributed by atoms with van der Waals surface area (Å²) >= 11 is 1.60. The first-order valence-corrected chi connectivity index (χ1v) is 10.1. The number of nitrogens with one attached hydrogen (secondary N) is 1. The van der Waals surface area contributed by atoms with Crippen molar-refractivity contribution in [1.29, 1.82) is 0 Å². The van der Waals surface area contributed by atoms with E-state index in [1.165, 1.54) is 11.2 Å². The molecule has 0 fully saturated rings. The van der Waals surface area contributed by atoms with Crippen molar-refractivity contribution in [3.05, 3.63) is 83.8 Å². The number of anilines is 1. The van der Waals surface area contributed by atoms with Crippen molar-refractivity contribution in [2.75, 3.05) is 17.6 Å². The van der Waals surface area contributed by atoms with Crippen LogP contribution >= 0.6 is 11.8 Å². The largest absolute Gasteiger partial charge is 0.459 e. The molecule has 1 N–H and O–H groups in total. The van der Waals surface area contributed by atoms with E-state index in [9.17, 15) is 14.4 Å². The Kier molecular flexibility index (Phi) is 5.48. The third kappa shape index (κ3) is 4.09. The minimum Gasteiger partial charge on any atom is -0.459 e. The Morgan fingerprint density at radius 1 is 0.966 bits per heavy atom. The lowest BCUT2D eigenvalue weighted by Crippen LogP contribution is -2.30. The van der Waals surface area contributed by atoms with Gasteiger partial charge in [-0.05, 0) is 54.6 Å². The van der Waals surface area contributed by atoms with Crippen LogP contribution in [0, 0.1) is 0 Å². The molecule has 4 rings (SSSR count). The maximum atomic E-state index is 12.4. The molecule has 0 atom stereocenters. The molecule has 0 radical (unpaired) electrons. The van der Waals surface area contributed by atoms with Crippen molar-refractivity contribution in [1.82, 2.24) is 4.90 Å². The number of furan rings is 1. The van der Waals surface area contributed by atoms with Crippen LogP contribution in [0.2, 0.25) is 0 Å². The number of thioether (sulfide) groups is 1. The van der Waals surface area contributed by atoms with E-state index < -0.39 is 0 Å². The molecule has 29 heavy (non-hydrogen) atoms. The van der Waals surface area contributed by atoms with Crippen LogP contribution in [0.5, 0.6) is 0 Å². The van der Waals surface area contributed by atoms with Gasteiger partial charge in [0.1, 0.15) is 0 Å². The van der Waals surface area contributed by atoms with E-state index in [2.05, 4.69) is 5.32 Å². The van der Waals surface area contributed by atoms with Gasteiger partial charge in [-0.15, -0.1) is 11.8 Å². The lowest BCUT2D eigenvalue weighted by Gasteiger charge is -2.13. The van der Waals surface area contributed by atoms with Crippen molar-refractivity contribution in [3.63, 3.8) is 0 Å². The molecule has 1 aliphatic heterocycles. The minimum absolute atomic E-state index is 0.224. The Labute approximate surface area is 171 Å². The zero-order chi connectivity index (χ0) is 20.2. The first kappa shape index (κ1) is 19.0. The van der Waals surface area contributed by atoms with Crippen LogP contribution in [0.1, 0.15) is 37.7 Å². The summed E-state index contributed by atoms with van der Waals surface area (Å²) in [7, 11) is 0. The van der Waals surface area contributed by atoms with E-state index in [1.807, 2.05) is 24.3 Å². The number of nitrogens with zero attached hydrogens (tertiary/aromatic N) is 1. The molecular weight excluding hydrogens is 388 g/mol. The third-order valence-corrected chi connectivity index (χ3v) is 5.59. The van der Waals surface area contributed by atoms with E-state index in [-0.39, 0.29) is 23.5 Å². The highest BCUT2D eigenvalue weighted by molar-refractivity contribution is 7.99. The van der Waals surface area contributed by atoms with Crippen LogP contribution in [-0.2, 0) is 0 Å². The maximum absolute atomic E-state index is 12.4. The SMILES string of the molecule is O=C(Nc1cccc(SCCCN2C(=O)c3ccccc3C2=O)c1)c1ccco1. The van der Waals surface area contributed by atoms with Crippen LogP contribution in [-0.4, -0.2) is 34.9 Å². The molecule has 3 aromatic rings. The zero-order valence-electron chi connectivity index (χ0n) is 15.5. The van der Waals surface area contributed by atoms with Gasteiger partial charge in [0.25, 0.3) is 17.7 Å². The van der Waals surface area contributed by atoms with Crippen molar-refractivity contribution >= 4 is 35.2 Å². The standard InChI is InChI=1S/C22H18N2O4S/c25-20(19-10-4-12-28-19)23-15-6-3-7-16(14-15)29-13-5-11-24-21(26)17-8-1-2-9-18(17)22(24)27/h1-4,6-10,12,14H,5,11,13H2,(H,23,25). The monoisotopic (exact) mass is 406 g/mol. The van der Waals surface area contributed by atoms with Gasteiger partial charge >= 0.3 is 0 Å². The van der Waals surface area contributed by atoms with Crippen LogP contribution in [0.3, 0.4) is 0 Å². The predicted octanol–water partition coefficient (Wildman–Crippen LogP) is 4.31. The summed E-state index contributed by atoms with van der Waals surface area (Å²) in [5, 5.41) is 2.80. The Hall–Kier alpha value is -3.32. The summed E-state index contributed by atoms with van der Waals surface area (Å²) < 4.78 is 5.09. The fourth-order valence-electron chi connectivity index (χ4n) is 3.12. The Morgan fingerprint density at radius 3 is 2.41 bits per heavy atom. The van der Waals surface area contributed by atoms with Gasteiger partial charge in [0.05, 0.1) is 17.4 Å². The second-order valence-corrected chi connectivity index (χ2v) is 7.64. The molecule has 146 valence electrons. The highest BCUT2D eigenvalue weighted by Crippen LogP contribution is 2.25. The van der Waals surface area contributed by atoms with Gasteiger partial charge in [0, 0.05) is 17.1 Å². The topological polar surface area (TPSA) is 79.6 Å². The molecule has 0 bridgehead atoms. The fourth-order valence-corrected chi connectivity index (χ4v) is 4.01. The molecule has 2 aromatic carbocycles. The number of carbonyl (C=O) groups is 3. The number of rotatable bonds is 7. The number of fused-ring (bicyclic) bond motifs is 1. The lowest BCUT2D eigenvalue weighted by atomic mass is 10.1. The molecule has 0 saturated heterocycles. The van der Waals surface area contributed by atoms with Crippen molar-refractivity contribution in [2.24, 2.45) is 0 Å². The molecule has 7 heteroatoms. The third-order valence-electron chi connectivity index (χ3n) is 4.51. The van der Waals surface area contributed by atoms with Gasteiger partial charge in [0.2, 0.25) is 0 Å². The van der Waals surface area contributed by atoms with Crippen LogP contribution in [0.4, 0.5) is 5.69 Å². The number of imide groups is 1. The van der Waals surface area contributed by atoms with Crippen LogP contribution < -0.4 is 5.32 Å². The van der Waals surface area contributed by atoms with Crippen molar-refractivity contribution < 1.29 is 18.8 Å². The molecule has 0 aliphatic carbocycles. The normalized spacial score (nSPS) is 12.9. The lowest BCUT2D eigenvalue weighted by molar-refractivity contribution is 0.0654. The van der Waals surface area contributed by atoms with Crippen molar-refractivity contribution in [2.45, 2.75) is 11.3 Å². The summed E-state index contributed by atoms with van der Waals surface area (Å²) in [4.78, 5) is 39.1. The highest BCUT2D eigenvalue weighted by atomic mass is 32.2. The molecule has 0 saturated carbocycles. The molecule has 0 spiro atoms. The molecule has 1 aliphatic rings. The van der Waals surface area contributed by atoms with Crippen LogP contribution in [0.15, 0.2) is 76.2 Å². The number of hydrogen-bond acceptors (Lipinski definition) is 5. The van der Waals surface area contributed by atoms with E-state index in [1.54, 1.807) is 48.2 Å². The predicted molar refractivity (Wildman–Crippen MR) is 110 cm³/mol. The van der Waals surface area contributed by atoms with Gasteiger partial charge in [0.15, 0.2) is 5.76 Å². The van der Waals surface area contributed by atoms with Gasteiger partial charge in [-0.25, -0.2) is 0 Å². The van der Waals surface area contributed by atoms with Gasteiger partial charge < -0.3 is 9.73 Å². The molecule has 1 aromatic heterocycles. The van der Waals surface area contributed by atoms with E-state index in [0.717, 1.165) is 10.6 Å². The molecule has 6 nitrogen and oxygen atoms in total. The number of hydrogen-bond donors (Lipinski definition) is 1. The molecule has 3 amide bonds. The maximum Gasteiger partial charge on any atom is 0.291 e. The Balaban J connectivity index is 1.29. The van der Waals surface area contributed by atoms with Crippen molar-refractivity contribution in [3.8, 4) is 0 Å². The first-order valence-electron chi connectivity index (χ1n) is 9.16. The molecular formula is C22H18N2O4S. The second kappa shape index (κ2) is 8.36. The van der Waals surface area contributed by atoms with E-state index in [0.29, 0.717) is 29.8 Å². The van der Waals surface area contributed by atoms with E-state index >= 15 is 0 Å². The number of carbonyl (C=O) groups excluding carboxylic acids is 3. The van der Waals surface area contributed by atoms with E-state index in [4.69, 9.17) is 4.42 Å².